The molecule has 0 bridgehead atoms. The summed E-state index contributed by atoms with van der Waals surface area (Å²) in [5.74, 6) is 0.689. The Labute approximate surface area is 255 Å². The van der Waals surface area contributed by atoms with Crippen LogP contribution in [0.2, 0.25) is 0 Å². The number of anilines is 1. The van der Waals surface area contributed by atoms with Crippen LogP contribution >= 0.6 is 11.8 Å². The van der Waals surface area contributed by atoms with Crippen LogP contribution in [0.1, 0.15) is 47.8 Å². The summed E-state index contributed by atoms with van der Waals surface area (Å²) in [7, 11) is 0. The molecule has 3 aromatic rings. The average molecular weight is 605 g/mol. The highest BCUT2D eigenvalue weighted by Gasteiger charge is 2.35. The van der Waals surface area contributed by atoms with Crippen molar-refractivity contribution in [2.24, 2.45) is 0 Å². The van der Waals surface area contributed by atoms with Crippen molar-refractivity contribution in [1.82, 2.24) is 9.47 Å². The molecule has 5 rings (SSSR count). The van der Waals surface area contributed by atoms with Crippen molar-refractivity contribution in [3.63, 3.8) is 0 Å². The molecule has 2 amide bonds. The second-order valence-electron chi connectivity index (χ2n) is 11.1. The summed E-state index contributed by atoms with van der Waals surface area (Å²) in [4.78, 5) is 41.2. The van der Waals surface area contributed by atoms with Crippen molar-refractivity contribution in [2.45, 2.75) is 40.5 Å². The van der Waals surface area contributed by atoms with E-state index < -0.39 is 0 Å². The van der Waals surface area contributed by atoms with Gasteiger partial charge in [-0.3, -0.25) is 24.6 Å². The first kappa shape index (κ1) is 30.4. The quantitative estimate of drug-likeness (QED) is 0.157. The number of amides is 2. The van der Waals surface area contributed by atoms with E-state index in [0.29, 0.717) is 42.6 Å². The van der Waals surface area contributed by atoms with Gasteiger partial charge in [-0.05, 0) is 85.5 Å². The highest BCUT2D eigenvalue weighted by atomic mass is 32.2. The summed E-state index contributed by atoms with van der Waals surface area (Å²) in [6.07, 6.45) is 1.72. The molecule has 43 heavy (non-hydrogen) atoms. The van der Waals surface area contributed by atoms with Crippen LogP contribution in [-0.2, 0) is 9.53 Å². The Morgan fingerprint density at radius 1 is 1.07 bits per heavy atom. The van der Waals surface area contributed by atoms with Gasteiger partial charge in [-0.1, -0.05) is 26.0 Å². The Bertz CT molecular complexity index is 1610. The number of rotatable bonds is 9. The molecule has 2 fully saturated rings. The van der Waals surface area contributed by atoms with Crippen molar-refractivity contribution in [2.75, 3.05) is 44.4 Å². The summed E-state index contributed by atoms with van der Waals surface area (Å²) in [6.45, 7) is 12.6. The zero-order valence-electron chi connectivity index (χ0n) is 25.1. The number of hydrogen-bond acceptors (Lipinski definition) is 8. The second-order valence-corrected chi connectivity index (χ2v) is 12.1. The number of ether oxygens (including phenoxy) is 2. The van der Waals surface area contributed by atoms with E-state index in [0.717, 1.165) is 45.6 Å². The van der Waals surface area contributed by atoms with E-state index in [1.54, 1.807) is 18.2 Å². The van der Waals surface area contributed by atoms with Gasteiger partial charge in [0.05, 0.1) is 35.3 Å². The van der Waals surface area contributed by atoms with Crippen molar-refractivity contribution < 1.29 is 24.0 Å². The number of carbonyl (C=O) groups is 2. The second kappa shape index (κ2) is 12.6. The van der Waals surface area contributed by atoms with Crippen molar-refractivity contribution >= 4 is 40.4 Å². The van der Waals surface area contributed by atoms with Crippen LogP contribution < -0.4 is 9.64 Å². The number of imide groups is 1. The van der Waals surface area contributed by atoms with Crippen LogP contribution in [0.15, 0.2) is 47.4 Å². The number of benzene rings is 2. The summed E-state index contributed by atoms with van der Waals surface area (Å²) >= 11 is 0.906. The maximum Gasteiger partial charge on any atom is 0.294 e. The van der Waals surface area contributed by atoms with E-state index in [1.807, 2.05) is 60.6 Å². The maximum absolute atomic E-state index is 13.2. The van der Waals surface area contributed by atoms with E-state index in [9.17, 15) is 19.7 Å². The molecule has 0 spiro atoms. The van der Waals surface area contributed by atoms with Gasteiger partial charge in [0.25, 0.3) is 16.8 Å². The molecule has 0 saturated carbocycles. The molecule has 2 aliphatic rings. The van der Waals surface area contributed by atoms with Gasteiger partial charge < -0.3 is 18.9 Å². The van der Waals surface area contributed by atoms with Gasteiger partial charge in [0.2, 0.25) is 0 Å². The molecule has 3 heterocycles. The Hall–Kier alpha value is -4.09. The van der Waals surface area contributed by atoms with Crippen LogP contribution in [0.25, 0.3) is 11.8 Å². The van der Waals surface area contributed by atoms with Crippen LogP contribution in [0.5, 0.6) is 5.75 Å². The molecule has 10 nitrogen and oxygen atoms in total. The Morgan fingerprint density at radius 2 is 1.81 bits per heavy atom. The Kier molecular flexibility index (Phi) is 8.93. The number of nitro groups is 1. The third kappa shape index (κ3) is 6.33. The van der Waals surface area contributed by atoms with Gasteiger partial charge >= 0.3 is 0 Å². The molecule has 11 heteroatoms. The van der Waals surface area contributed by atoms with Crippen molar-refractivity contribution in [3.05, 3.63) is 85.6 Å². The zero-order valence-corrected chi connectivity index (χ0v) is 25.9. The van der Waals surface area contributed by atoms with Crippen LogP contribution in [0.4, 0.5) is 16.2 Å². The Balaban J connectivity index is 1.34. The fraction of sp³-hybridized carbons (Fsp3) is 0.375. The zero-order chi connectivity index (χ0) is 30.8. The number of aromatic nitrogens is 1. The first-order chi connectivity index (χ1) is 20.5. The molecule has 0 unspecified atom stereocenters. The topological polar surface area (TPSA) is 107 Å². The predicted molar refractivity (Wildman–Crippen MR) is 168 cm³/mol. The summed E-state index contributed by atoms with van der Waals surface area (Å²) in [5, 5.41) is 11.7. The van der Waals surface area contributed by atoms with Crippen LogP contribution in [-0.4, -0.2) is 65.0 Å². The highest BCUT2D eigenvalue weighted by Crippen LogP contribution is 2.36. The maximum atomic E-state index is 13.2. The average Bonchev–Trinajstić information content (AvgIpc) is 3.41. The van der Waals surface area contributed by atoms with Gasteiger partial charge in [0.1, 0.15) is 18.0 Å². The summed E-state index contributed by atoms with van der Waals surface area (Å²) < 4.78 is 13.3. The SMILES string of the molecule is Cc1ccc(C(C)C)c(OCCN2C(=O)S/C(=C\c3cc(C)n(-c4ccc(N5CCOCC5)c([N+](=O)[O-])c4)c3C)C2=O)c1. The first-order valence-corrected chi connectivity index (χ1v) is 15.2. The highest BCUT2D eigenvalue weighted by molar-refractivity contribution is 8.18. The van der Waals surface area contributed by atoms with E-state index in [2.05, 4.69) is 13.8 Å². The summed E-state index contributed by atoms with van der Waals surface area (Å²) in [5.41, 5.74) is 5.83. The molecule has 2 aliphatic heterocycles. The number of aryl methyl sites for hydroxylation is 2. The minimum atomic E-state index is -0.359. The van der Waals surface area contributed by atoms with E-state index in [4.69, 9.17) is 9.47 Å². The lowest BCUT2D eigenvalue weighted by atomic mass is 10.0. The molecule has 0 aliphatic carbocycles. The molecular formula is C32H36N4O6S. The molecule has 0 radical (unpaired) electrons. The number of nitro benzene ring substituents is 1. The first-order valence-electron chi connectivity index (χ1n) is 14.3. The number of hydrogen-bond donors (Lipinski definition) is 0. The van der Waals surface area contributed by atoms with E-state index >= 15 is 0 Å². The number of carbonyl (C=O) groups excluding carboxylic acids is 2. The molecule has 0 N–H and O–H groups in total. The van der Waals surface area contributed by atoms with Gasteiger partial charge in [-0.2, -0.15) is 0 Å². The Morgan fingerprint density at radius 3 is 2.51 bits per heavy atom. The van der Waals surface area contributed by atoms with Gasteiger partial charge in [-0.25, -0.2) is 0 Å². The fourth-order valence-electron chi connectivity index (χ4n) is 5.52. The third-order valence-corrected chi connectivity index (χ3v) is 8.67. The standard InChI is InChI=1S/C32H36N4O6S/c1-20(2)26-8-6-21(3)16-29(26)42-15-12-34-31(37)30(43-32(34)38)18-24-17-22(4)35(23(24)5)25-7-9-27(28(19-25)36(39)40)33-10-13-41-14-11-33/h6-9,16-20H,10-15H2,1-5H3/b30-18-. The lowest BCUT2D eigenvalue weighted by molar-refractivity contribution is -0.384. The monoisotopic (exact) mass is 604 g/mol. The largest absolute Gasteiger partial charge is 0.491 e. The third-order valence-electron chi connectivity index (χ3n) is 7.76. The molecule has 226 valence electrons. The van der Waals surface area contributed by atoms with Gasteiger partial charge in [-0.15, -0.1) is 0 Å². The molecule has 1 aromatic heterocycles. The smallest absolute Gasteiger partial charge is 0.294 e. The van der Waals surface area contributed by atoms with Crippen molar-refractivity contribution in [3.8, 4) is 11.4 Å². The molecular weight excluding hydrogens is 568 g/mol. The van der Waals surface area contributed by atoms with Crippen LogP contribution in [0.3, 0.4) is 0 Å². The van der Waals surface area contributed by atoms with E-state index in [-0.39, 0.29) is 40.8 Å². The lowest BCUT2D eigenvalue weighted by Gasteiger charge is -2.28. The minimum absolute atomic E-state index is 0.0305. The number of thioether (sulfide) groups is 1. The van der Waals surface area contributed by atoms with E-state index in [1.165, 1.54) is 4.90 Å². The number of morpholine rings is 1. The minimum Gasteiger partial charge on any atom is -0.491 e. The predicted octanol–water partition coefficient (Wildman–Crippen LogP) is 6.39. The van der Waals surface area contributed by atoms with Crippen LogP contribution in [0, 0.1) is 30.9 Å². The van der Waals surface area contributed by atoms with Crippen molar-refractivity contribution in [1.29, 1.82) is 0 Å². The number of nitrogens with zero attached hydrogens (tertiary/aromatic N) is 4. The van der Waals surface area contributed by atoms with Gasteiger partial charge in [0, 0.05) is 30.5 Å². The molecule has 0 atom stereocenters. The lowest BCUT2D eigenvalue weighted by Crippen LogP contribution is -2.36. The summed E-state index contributed by atoms with van der Waals surface area (Å²) in [6, 6.07) is 13.2. The normalized spacial score (nSPS) is 16.6. The van der Waals surface area contributed by atoms with Gasteiger partial charge in [0.15, 0.2) is 0 Å². The molecule has 2 saturated heterocycles. The molecule has 2 aromatic carbocycles. The fourth-order valence-corrected chi connectivity index (χ4v) is 6.38.